The number of aryl methyl sites for hydroxylation is 2. The SMILES string of the molecule is CCC1(CC)C[C@H](NC(=O)CN(c2c(C)cccc2C)S(C)(=O)=O)c2ccccc2O1. The zero-order chi connectivity index (χ0) is 22.8. The van der Waals surface area contributed by atoms with Crippen molar-refractivity contribution in [2.24, 2.45) is 0 Å². The van der Waals surface area contributed by atoms with E-state index in [0.29, 0.717) is 12.1 Å². The maximum Gasteiger partial charge on any atom is 0.241 e. The second-order valence-corrected chi connectivity index (χ2v) is 10.3. The summed E-state index contributed by atoms with van der Waals surface area (Å²) < 4.78 is 32.7. The number of ether oxygens (including phenoxy) is 1. The number of hydrogen-bond donors (Lipinski definition) is 1. The van der Waals surface area contributed by atoms with Crippen LogP contribution in [0.3, 0.4) is 0 Å². The van der Waals surface area contributed by atoms with E-state index >= 15 is 0 Å². The summed E-state index contributed by atoms with van der Waals surface area (Å²) in [5.74, 6) is 0.438. The molecule has 2 aromatic rings. The van der Waals surface area contributed by atoms with Crippen LogP contribution in [0.5, 0.6) is 5.75 Å². The van der Waals surface area contributed by atoms with Gasteiger partial charge in [0, 0.05) is 12.0 Å². The van der Waals surface area contributed by atoms with E-state index in [4.69, 9.17) is 4.74 Å². The molecule has 0 saturated carbocycles. The number of carbonyl (C=O) groups excluding carboxylic acids is 1. The number of benzene rings is 2. The zero-order valence-electron chi connectivity index (χ0n) is 18.9. The van der Waals surface area contributed by atoms with Gasteiger partial charge in [-0.25, -0.2) is 8.42 Å². The molecule has 0 spiro atoms. The number of sulfonamides is 1. The first-order valence-electron chi connectivity index (χ1n) is 10.7. The Kier molecular flexibility index (Phi) is 6.65. The minimum absolute atomic E-state index is 0.239. The van der Waals surface area contributed by atoms with Crippen LogP contribution in [0.1, 0.15) is 55.8 Å². The van der Waals surface area contributed by atoms with Crippen LogP contribution in [0.4, 0.5) is 5.69 Å². The third-order valence-corrected chi connectivity index (χ3v) is 7.31. The summed E-state index contributed by atoms with van der Waals surface area (Å²) in [5, 5.41) is 3.08. The fourth-order valence-corrected chi connectivity index (χ4v) is 5.33. The van der Waals surface area contributed by atoms with Gasteiger partial charge in [0.05, 0.1) is 18.0 Å². The Bertz CT molecular complexity index is 1040. The summed E-state index contributed by atoms with van der Waals surface area (Å²) >= 11 is 0. The van der Waals surface area contributed by atoms with Crippen LogP contribution in [0.25, 0.3) is 0 Å². The lowest BCUT2D eigenvalue weighted by Gasteiger charge is -2.41. The maximum absolute atomic E-state index is 13.1. The second kappa shape index (κ2) is 8.91. The van der Waals surface area contributed by atoms with Gasteiger partial charge in [-0.1, -0.05) is 50.2 Å². The quantitative estimate of drug-likeness (QED) is 0.692. The first-order valence-corrected chi connectivity index (χ1v) is 12.6. The molecule has 0 radical (unpaired) electrons. The number of amides is 1. The summed E-state index contributed by atoms with van der Waals surface area (Å²) in [6.45, 7) is 7.61. The van der Waals surface area contributed by atoms with Gasteiger partial charge in [-0.15, -0.1) is 0 Å². The largest absolute Gasteiger partial charge is 0.487 e. The lowest BCUT2D eigenvalue weighted by molar-refractivity contribution is -0.121. The highest BCUT2D eigenvalue weighted by atomic mass is 32.2. The van der Waals surface area contributed by atoms with Crippen LogP contribution in [0.2, 0.25) is 0 Å². The fraction of sp³-hybridized carbons (Fsp3) is 0.458. The molecule has 168 valence electrons. The van der Waals surface area contributed by atoms with E-state index in [0.717, 1.165) is 41.5 Å². The average Bonchev–Trinajstić information content (AvgIpc) is 2.72. The molecule has 3 rings (SSSR count). The number of hydrogen-bond acceptors (Lipinski definition) is 4. The number of para-hydroxylation sites is 2. The normalized spacial score (nSPS) is 17.4. The van der Waals surface area contributed by atoms with Crippen LogP contribution in [0, 0.1) is 13.8 Å². The molecule has 1 aliphatic heterocycles. The number of rotatable bonds is 7. The molecule has 0 aromatic heterocycles. The van der Waals surface area contributed by atoms with Gasteiger partial charge < -0.3 is 10.1 Å². The molecule has 1 amide bonds. The molecule has 0 aliphatic carbocycles. The molecule has 0 saturated heterocycles. The van der Waals surface area contributed by atoms with Gasteiger partial charge in [-0.2, -0.15) is 0 Å². The number of carbonyl (C=O) groups is 1. The standard InChI is InChI=1S/C24H32N2O4S/c1-6-24(7-2)15-20(19-13-8-9-14-21(19)30-24)25-22(27)16-26(31(5,28)29)23-17(3)11-10-12-18(23)4/h8-14,20H,6-7,15-16H2,1-5H3,(H,25,27)/t20-/m0/s1. The zero-order valence-corrected chi connectivity index (χ0v) is 19.8. The number of nitrogens with one attached hydrogen (secondary N) is 1. The van der Waals surface area contributed by atoms with Crippen LogP contribution in [0.15, 0.2) is 42.5 Å². The van der Waals surface area contributed by atoms with Crippen molar-refractivity contribution in [3.05, 3.63) is 59.2 Å². The summed E-state index contributed by atoms with van der Waals surface area (Å²) in [7, 11) is -3.64. The Morgan fingerprint density at radius 2 is 1.71 bits per heavy atom. The first-order chi connectivity index (χ1) is 14.6. The monoisotopic (exact) mass is 444 g/mol. The molecule has 31 heavy (non-hydrogen) atoms. The second-order valence-electron chi connectivity index (χ2n) is 8.36. The van der Waals surface area contributed by atoms with Crippen LogP contribution >= 0.6 is 0 Å². The summed E-state index contributed by atoms with van der Waals surface area (Å²) in [6, 6.07) is 13.1. The highest BCUT2D eigenvalue weighted by Gasteiger charge is 2.39. The molecule has 1 N–H and O–H groups in total. The van der Waals surface area contributed by atoms with Crippen LogP contribution < -0.4 is 14.4 Å². The number of anilines is 1. The van der Waals surface area contributed by atoms with Crippen LogP contribution in [-0.2, 0) is 14.8 Å². The molecule has 0 unspecified atom stereocenters. The Hall–Kier alpha value is -2.54. The molecule has 0 fully saturated rings. The smallest absolute Gasteiger partial charge is 0.241 e. The van der Waals surface area contributed by atoms with Crippen LogP contribution in [-0.4, -0.2) is 32.7 Å². The average molecular weight is 445 g/mol. The van der Waals surface area contributed by atoms with Gasteiger partial charge >= 0.3 is 0 Å². The van der Waals surface area contributed by atoms with Gasteiger partial charge in [-0.05, 0) is 43.9 Å². The molecule has 7 heteroatoms. The van der Waals surface area contributed by atoms with Crippen molar-refractivity contribution >= 4 is 21.6 Å². The van der Waals surface area contributed by atoms with Crippen molar-refractivity contribution in [3.63, 3.8) is 0 Å². The van der Waals surface area contributed by atoms with E-state index in [1.54, 1.807) is 0 Å². The maximum atomic E-state index is 13.1. The molecule has 2 aromatic carbocycles. The van der Waals surface area contributed by atoms with Crippen molar-refractivity contribution in [1.82, 2.24) is 5.32 Å². The summed E-state index contributed by atoms with van der Waals surface area (Å²) in [6.07, 6.45) is 3.42. The Morgan fingerprint density at radius 1 is 1.10 bits per heavy atom. The lowest BCUT2D eigenvalue weighted by Crippen LogP contribution is -2.47. The molecular formula is C24H32N2O4S. The number of nitrogens with zero attached hydrogens (tertiary/aromatic N) is 1. The third-order valence-electron chi connectivity index (χ3n) is 6.20. The Labute approximate surface area is 185 Å². The van der Waals surface area contributed by atoms with Gasteiger partial charge in [0.2, 0.25) is 15.9 Å². The van der Waals surface area contributed by atoms with Crippen molar-refractivity contribution in [2.45, 2.75) is 58.6 Å². The van der Waals surface area contributed by atoms with Crippen molar-refractivity contribution in [1.29, 1.82) is 0 Å². The fourth-order valence-electron chi connectivity index (χ4n) is 4.36. The minimum Gasteiger partial charge on any atom is -0.487 e. The lowest BCUT2D eigenvalue weighted by atomic mass is 9.83. The topological polar surface area (TPSA) is 75.7 Å². The van der Waals surface area contributed by atoms with E-state index < -0.39 is 10.0 Å². The van der Waals surface area contributed by atoms with E-state index in [9.17, 15) is 13.2 Å². The van der Waals surface area contributed by atoms with Gasteiger partial charge in [0.25, 0.3) is 0 Å². The van der Waals surface area contributed by atoms with E-state index in [1.807, 2.05) is 56.3 Å². The van der Waals surface area contributed by atoms with Gasteiger partial charge in [0.1, 0.15) is 17.9 Å². The molecule has 1 atom stereocenters. The Morgan fingerprint density at radius 3 is 2.29 bits per heavy atom. The van der Waals surface area contributed by atoms with Crippen molar-refractivity contribution in [3.8, 4) is 5.75 Å². The Balaban J connectivity index is 1.89. The van der Waals surface area contributed by atoms with Gasteiger partial charge in [0.15, 0.2) is 0 Å². The molecular weight excluding hydrogens is 412 g/mol. The first kappa shape index (κ1) is 23.1. The molecule has 1 heterocycles. The predicted octanol–water partition coefficient (Wildman–Crippen LogP) is 4.27. The van der Waals surface area contributed by atoms with E-state index in [2.05, 4.69) is 19.2 Å². The third kappa shape index (κ3) is 4.87. The van der Waals surface area contributed by atoms with E-state index in [-0.39, 0.29) is 24.1 Å². The molecule has 0 bridgehead atoms. The minimum atomic E-state index is -3.64. The highest BCUT2D eigenvalue weighted by Crippen LogP contribution is 2.42. The predicted molar refractivity (Wildman–Crippen MR) is 124 cm³/mol. The molecule has 1 aliphatic rings. The highest BCUT2D eigenvalue weighted by molar-refractivity contribution is 7.92. The number of fused-ring (bicyclic) bond motifs is 1. The molecule has 6 nitrogen and oxygen atoms in total. The summed E-state index contributed by atoms with van der Waals surface area (Å²) in [5.41, 5.74) is 2.75. The van der Waals surface area contributed by atoms with Crippen molar-refractivity contribution < 1.29 is 17.9 Å². The van der Waals surface area contributed by atoms with E-state index in [1.165, 1.54) is 4.31 Å². The summed E-state index contributed by atoms with van der Waals surface area (Å²) in [4.78, 5) is 13.1. The van der Waals surface area contributed by atoms with Crippen molar-refractivity contribution in [2.75, 3.05) is 17.1 Å². The van der Waals surface area contributed by atoms with Gasteiger partial charge in [-0.3, -0.25) is 9.10 Å².